The molecule has 0 heterocycles. The Morgan fingerprint density at radius 3 is 2.38 bits per heavy atom. The zero-order valence-electron chi connectivity index (χ0n) is 15.8. The number of nitrogens with zero attached hydrogens (tertiary/aromatic N) is 1. The number of benzene rings is 2. The number of nitro groups is 1. The Morgan fingerprint density at radius 2 is 1.76 bits per heavy atom. The first-order valence-electron chi connectivity index (χ1n) is 8.65. The van der Waals surface area contributed by atoms with Crippen LogP contribution in [0.3, 0.4) is 0 Å². The van der Waals surface area contributed by atoms with Crippen molar-refractivity contribution in [1.29, 1.82) is 0 Å². The zero-order valence-corrected chi connectivity index (χ0v) is 16.6. The molecule has 0 aliphatic carbocycles. The third kappa shape index (κ3) is 6.85. The normalized spacial score (nSPS) is 10.2. The molecule has 0 aromatic heterocycles. The molecule has 9 nitrogen and oxygen atoms in total. The van der Waals surface area contributed by atoms with Gasteiger partial charge >= 0.3 is 0 Å². The van der Waals surface area contributed by atoms with Crippen LogP contribution in [0.15, 0.2) is 48.5 Å². The van der Waals surface area contributed by atoms with E-state index in [-0.39, 0.29) is 16.4 Å². The highest BCUT2D eigenvalue weighted by Gasteiger charge is 2.13. The van der Waals surface area contributed by atoms with Crippen LogP contribution in [0.5, 0.6) is 5.75 Å². The van der Waals surface area contributed by atoms with Crippen molar-refractivity contribution in [2.75, 3.05) is 6.61 Å². The molecular formula is C19H20N4O5S. The minimum atomic E-state index is -0.642. The van der Waals surface area contributed by atoms with Crippen molar-refractivity contribution in [2.24, 2.45) is 5.92 Å². The number of non-ortho nitro benzene ring substituents is 1. The average molecular weight is 416 g/mol. The molecule has 2 rings (SSSR count). The molecule has 10 heteroatoms. The molecule has 0 unspecified atom stereocenters. The van der Waals surface area contributed by atoms with Gasteiger partial charge in [0.1, 0.15) is 5.75 Å². The molecule has 2 amide bonds. The van der Waals surface area contributed by atoms with Crippen molar-refractivity contribution in [1.82, 2.24) is 16.2 Å². The lowest BCUT2D eigenvalue weighted by atomic mass is 10.2. The van der Waals surface area contributed by atoms with Crippen LogP contribution in [0.25, 0.3) is 0 Å². The molecule has 3 N–H and O–H groups in total. The molecule has 0 fully saturated rings. The fourth-order valence-corrected chi connectivity index (χ4v) is 2.26. The molecule has 0 radical (unpaired) electrons. The summed E-state index contributed by atoms with van der Waals surface area (Å²) in [6.07, 6.45) is 0. The number of hydrogen-bond acceptors (Lipinski definition) is 6. The Kier molecular flexibility index (Phi) is 7.61. The third-order valence-electron chi connectivity index (χ3n) is 3.54. The van der Waals surface area contributed by atoms with Crippen LogP contribution in [0.1, 0.15) is 34.6 Å². The smallest absolute Gasteiger partial charge is 0.270 e. The number of rotatable bonds is 6. The monoisotopic (exact) mass is 416 g/mol. The number of hydrazine groups is 1. The largest absolute Gasteiger partial charge is 0.493 e. The Balaban J connectivity index is 1.85. The lowest BCUT2D eigenvalue weighted by Gasteiger charge is -2.11. The Hall–Kier alpha value is -3.53. The van der Waals surface area contributed by atoms with Crippen LogP contribution in [0.2, 0.25) is 0 Å². The van der Waals surface area contributed by atoms with Crippen LogP contribution >= 0.6 is 12.2 Å². The number of ether oxygens (including phenoxy) is 1. The van der Waals surface area contributed by atoms with Crippen molar-refractivity contribution in [3.63, 3.8) is 0 Å². The molecule has 0 spiro atoms. The van der Waals surface area contributed by atoms with Gasteiger partial charge in [0, 0.05) is 23.3 Å². The van der Waals surface area contributed by atoms with E-state index in [0.29, 0.717) is 23.8 Å². The van der Waals surface area contributed by atoms with Crippen LogP contribution < -0.4 is 20.9 Å². The summed E-state index contributed by atoms with van der Waals surface area (Å²) in [5.41, 5.74) is 4.86. The Bertz CT molecular complexity index is 915. The summed E-state index contributed by atoms with van der Waals surface area (Å²) in [6, 6.07) is 11.7. The maximum atomic E-state index is 12.2. The van der Waals surface area contributed by atoms with Crippen molar-refractivity contribution in [3.05, 3.63) is 69.8 Å². The van der Waals surface area contributed by atoms with Crippen molar-refractivity contribution in [3.8, 4) is 5.75 Å². The van der Waals surface area contributed by atoms with Crippen molar-refractivity contribution in [2.45, 2.75) is 13.8 Å². The highest BCUT2D eigenvalue weighted by molar-refractivity contribution is 7.80. The highest BCUT2D eigenvalue weighted by atomic mass is 32.1. The van der Waals surface area contributed by atoms with E-state index in [2.05, 4.69) is 16.2 Å². The molecule has 0 saturated heterocycles. The Labute approximate surface area is 172 Å². The van der Waals surface area contributed by atoms with Gasteiger partial charge in [-0.05, 0) is 48.5 Å². The first kappa shape index (κ1) is 21.8. The second-order valence-corrected chi connectivity index (χ2v) is 6.81. The maximum absolute atomic E-state index is 12.2. The van der Waals surface area contributed by atoms with Gasteiger partial charge in [0.2, 0.25) is 0 Å². The SMILES string of the molecule is CC(C)COc1ccc(C(=O)NC(=S)NNC(=O)c2cccc([N+](=O)[O-])c2)cc1. The number of nitro benzene ring substituents is 1. The van der Waals surface area contributed by atoms with Crippen LogP contribution in [0, 0.1) is 16.0 Å². The van der Waals surface area contributed by atoms with E-state index in [9.17, 15) is 19.7 Å². The van der Waals surface area contributed by atoms with Gasteiger partial charge < -0.3 is 4.74 Å². The van der Waals surface area contributed by atoms with Gasteiger partial charge in [-0.15, -0.1) is 0 Å². The summed E-state index contributed by atoms with van der Waals surface area (Å²) in [6.45, 7) is 4.64. The average Bonchev–Trinajstić information content (AvgIpc) is 2.70. The highest BCUT2D eigenvalue weighted by Crippen LogP contribution is 2.14. The fraction of sp³-hybridized carbons (Fsp3) is 0.211. The minimum absolute atomic E-state index is 0.0674. The molecule has 2 aromatic carbocycles. The van der Waals surface area contributed by atoms with E-state index < -0.39 is 16.7 Å². The maximum Gasteiger partial charge on any atom is 0.270 e. The summed E-state index contributed by atoms with van der Waals surface area (Å²) >= 11 is 4.97. The predicted octanol–water partition coefficient (Wildman–Crippen LogP) is 2.58. The summed E-state index contributed by atoms with van der Waals surface area (Å²) in [7, 11) is 0. The molecule has 0 saturated carbocycles. The van der Waals surface area contributed by atoms with E-state index in [1.807, 2.05) is 13.8 Å². The van der Waals surface area contributed by atoms with Gasteiger partial charge in [0.15, 0.2) is 5.11 Å². The summed E-state index contributed by atoms with van der Waals surface area (Å²) in [5.74, 6) is -0.0710. The topological polar surface area (TPSA) is 123 Å². The summed E-state index contributed by atoms with van der Waals surface area (Å²) in [4.78, 5) is 34.4. The molecule has 0 bridgehead atoms. The lowest BCUT2D eigenvalue weighted by molar-refractivity contribution is -0.384. The predicted molar refractivity (Wildman–Crippen MR) is 111 cm³/mol. The molecule has 0 aliphatic heterocycles. The van der Waals surface area contributed by atoms with E-state index in [1.54, 1.807) is 24.3 Å². The number of thiocarbonyl (C=S) groups is 1. The van der Waals surface area contributed by atoms with E-state index >= 15 is 0 Å². The van der Waals surface area contributed by atoms with Crippen LogP contribution in [-0.4, -0.2) is 28.5 Å². The number of hydrogen-bond donors (Lipinski definition) is 3. The molecule has 29 heavy (non-hydrogen) atoms. The molecular weight excluding hydrogens is 396 g/mol. The second-order valence-electron chi connectivity index (χ2n) is 6.40. The van der Waals surface area contributed by atoms with E-state index in [1.165, 1.54) is 18.2 Å². The standard InChI is InChI=1S/C19H20N4O5S/c1-12(2)11-28-16-8-6-13(7-9-16)17(24)20-19(29)22-21-18(25)14-4-3-5-15(10-14)23(26)27/h3-10,12H,11H2,1-2H3,(H,21,25)(H2,20,22,24,29). The first-order chi connectivity index (χ1) is 13.8. The van der Waals surface area contributed by atoms with E-state index in [0.717, 1.165) is 6.07 Å². The van der Waals surface area contributed by atoms with Gasteiger partial charge in [-0.25, -0.2) is 0 Å². The van der Waals surface area contributed by atoms with Gasteiger partial charge in [0.05, 0.1) is 11.5 Å². The van der Waals surface area contributed by atoms with Crippen LogP contribution in [-0.2, 0) is 0 Å². The van der Waals surface area contributed by atoms with Crippen molar-refractivity contribution >= 4 is 34.8 Å². The third-order valence-corrected chi connectivity index (χ3v) is 3.74. The van der Waals surface area contributed by atoms with Gasteiger partial charge in [0.25, 0.3) is 17.5 Å². The minimum Gasteiger partial charge on any atom is -0.493 e. The number of nitrogens with one attached hydrogen (secondary N) is 3. The first-order valence-corrected chi connectivity index (χ1v) is 9.06. The number of amides is 2. The molecule has 2 aromatic rings. The molecule has 0 aliphatic rings. The molecule has 152 valence electrons. The second kappa shape index (κ2) is 10.1. The van der Waals surface area contributed by atoms with Gasteiger partial charge in [-0.3, -0.25) is 35.9 Å². The Morgan fingerprint density at radius 1 is 1.07 bits per heavy atom. The molecule has 0 atom stereocenters. The summed E-state index contributed by atoms with van der Waals surface area (Å²) in [5, 5.41) is 13.1. The quantitative estimate of drug-likeness (QED) is 0.376. The zero-order chi connectivity index (χ0) is 21.4. The fourth-order valence-electron chi connectivity index (χ4n) is 2.12. The number of carbonyl (C=O) groups is 2. The van der Waals surface area contributed by atoms with Crippen LogP contribution in [0.4, 0.5) is 5.69 Å². The van der Waals surface area contributed by atoms with Gasteiger partial charge in [-0.2, -0.15) is 0 Å². The van der Waals surface area contributed by atoms with E-state index in [4.69, 9.17) is 17.0 Å². The van der Waals surface area contributed by atoms with Crippen molar-refractivity contribution < 1.29 is 19.2 Å². The summed E-state index contributed by atoms with van der Waals surface area (Å²) < 4.78 is 5.55. The van der Waals surface area contributed by atoms with Gasteiger partial charge in [-0.1, -0.05) is 19.9 Å². The lowest BCUT2D eigenvalue weighted by Crippen LogP contribution is -2.48. The number of carbonyl (C=O) groups excluding carboxylic acids is 2.